The standard InChI is InChI=1S/C15H23NO3S/c17-12-11-15(13-7-3-1-4-8-13)16-20(18,19)14-9-5-2-6-10-14/h2,5-6,9-10,13,15-17H,1,3-4,7-8,11-12H2. The summed E-state index contributed by atoms with van der Waals surface area (Å²) in [6.45, 7) is 0.0124. The molecule has 2 rings (SSSR count). The van der Waals surface area contributed by atoms with E-state index >= 15 is 0 Å². The normalized spacial score (nSPS) is 18.9. The van der Waals surface area contributed by atoms with Crippen molar-refractivity contribution in [3.05, 3.63) is 30.3 Å². The second kappa shape index (κ2) is 7.20. The zero-order chi connectivity index (χ0) is 14.4. The highest BCUT2D eigenvalue weighted by atomic mass is 32.2. The fourth-order valence-corrected chi connectivity index (χ4v) is 4.29. The lowest BCUT2D eigenvalue weighted by Crippen LogP contribution is -2.41. The Morgan fingerprint density at radius 1 is 1.15 bits per heavy atom. The van der Waals surface area contributed by atoms with E-state index in [0.29, 0.717) is 17.2 Å². The minimum absolute atomic E-state index is 0.0124. The van der Waals surface area contributed by atoms with Gasteiger partial charge in [-0.15, -0.1) is 0 Å². The van der Waals surface area contributed by atoms with Gasteiger partial charge in [0.15, 0.2) is 0 Å². The van der Waals surface area contributed by atoms with Gasteiger partial charge in [0.1, 0.15) is 0 Å². The van der Waals surface area contributed by atoms with Crippen LogP contribution in [0.2, 0.25) is 0 Å². The van der Waals surface area contributed by atoms with Gasteiger partial charge in [-0.1, -0.05) is 37.5 Å². The lowest BCUT2D eigenvalue weighted by molar-refractivity contribution is 0.221. The molecule has 1 saturated carbocycles. The molecule has 1 atom stereocenters. The van der Waals surface area contributed by atoms with Crippen molar-refractivity contribution in [2.75, 3.05) is 6.61 Å². The molecule has 112 valence electrons. The Balaban J connectivity index is 2.10. The first-order chi connectivity index (χ1) is 9.63. The van der Waals surface area contributed by atoms with Crippen LogP contribution in [-0.2, 0) is 10.0 Å². The number of nitrogens with one attached hydrogen (secondary N) is 1. The van der Waals surface area contributed by atoms with Crippen LogP contribution in [0.1, 0.15) is 38.5 Å². The molecule has 0 heterocycles. The highest BCUT2D eigenvalue weighted by Gasteiger charge is 2.27. The summed E-state index contributed by atoms with van der Waals surface area (Å²) in [6.07, 6.45) is 6.10. The van der Waals surface area contributed by atoms with Crippen LogP contribution in [-0.4, -0.2) is 26.2 Å². The fraction of sp³-hybridized carbons (Fsp3) is 0.600. The summed E-state index contributed by atoms with van der Waals surface area (Å²) in [5.41, 5.74) is 0. The molecule has 0 aromatic heterocycles. The van der Waals surface area contributed by atoms with Crippen molar-refractivity contribution in [2.24, 2.45) is 5.92 Å². The Bertz CT molecular complexity index is 495. The lowest BCUT2D eigenvalue weighted by Gasteiger charge is -2.30. The van der Waals surface area contributed by atoms with Crippen LogP contribution in [0.4, 0.5) is 0 Å². The SMILES string of the molecule is O=S(=O)(NC(CCO)C1CCCCC1)c1ccccc1. The molecular formula is C15H23NO3S. The summed E-state index contributed by atoms with van der Waals surface area (Å²) in [5.74, 6) is 0.342. The first-order valence-corrected chi connectivity index (χ1v) is 8.80. The van der Waals surface area contributed by atoms with Crippen molar-refractivity contribution >= 4 is 10.0 Å². The van der Waals surface area contributed by atoms with E-state index in [0.717, 1.165) is 25.7 Å². The largest absolute Gasteiger partial charge is 0.396 e. The minimum atomic E-state index is -3.49. The number of hydrogen-bond acceptors (Lipinski definition) is 3. The summed E-state index contributed by atoms with van der Waals surface area (Å²) < 4.78 is 27.5. The summed E-state index contributed by atoms with van der Waals surface area (Å²) in [7, 11) is -3.49. The Morgan fingerprint density at radius 3 is 2.40 bits per heavy atom. The molecule has 0 aliphatic heterocycles. The zero-order valence-electron chi connectivity index (χ0n) is 11.7. The van der Waals surface area contributed by atoms with Gasteiger partial charge in [0, 0.05) is 12.6 Å². The maximum atomic E-state index is 12.4. The Kier molecular flexibility index (Phi) is 5.57. The molecule has 1 unspecified atom stereocenters. The Hall–Kier alpha value is -0.910. The van der Waals surface area contributed by atoms with Gasteiger partial charge in [-0.3, -0.25) is 0 Å². The molecule has 1 aliphatic carbocycles. The predicted octanol–water partition coefficient (Wildman–Crippen LogP) is 2.30. The highest BCUT2D eigenvalue weighted by Crippen LogP contribution is 2.28. The monoisotopic (exact) mass is 297 g/mol. The third kappa shape index (κ3) is 4.04. The molecule has 0 radical (unpaired) electrons. The first kappa shape index (κ1) is 15.5. The molecule has 0 spiro atoms. The fourth-order valence-electron chi connectivity index (χ4n) is 2.93. The Labute approximate surface area is 121 Å². The number of aliphatic hydroxyl groups is 1. The van der Waals surface area contributed by atoms with Crippen molar-refractivity contribution in [1.29, 1.82) is 0 Å². The molecule has 1 fully saturated rings. The maximum Gasteiger partial charge on any atom is 0.240 e. The van der Waals surface area contributed by atoms with E-state index in [1.165, 1.54) is 6.42 Å². The van der Waals surface area contributed by atoms with Crippen molar-refractivity contribution in [2.45, 2.75) is 49.5 Å². The van der Waals surface area contributed by atoms with E-state index in [2.05, 4.69) is 4.72 Å². The molecule has 1 aromatic rings. The van der Waals surface area contributed by atoms with Gasteiger partial charge in [0.2, 0.25) is 10.0 Å². The second-order valence-electron chi connectivity index (χ2n) is 5.45. The van der Waals surface area contributed by atoms with Crippen LogP contribution in [0.15, 0.2) is 35.2 Å². The van der Waals surface area contributed by atoms with Crippen molar-refractivity contribution in [3.63, 3.8) is 0 Å². The first-order valence-electron chi connectivity index (χ1n) is 7.32. The lowest BCUT2D eigenvalue weighted by atomic mass is 9.83. The number of sulfonamides is 1. The van der Waals surface area contributed by atoms with Crippen molar-refractivity contribution in [3.8, 4) is 0 Å². The van der Waals surface area contributed by atoms with Crippen LogP contribution in [0.3, 0.4) is 0 Å². The van der Waals surface area contributed by atoms with Crippen LogP contribution >= 0.6 is 0 Å². The molecule has 0 saturated heterocycles. The van der Waals surface area contributed by atoms with Crippen LogP contribution < -0.4 is 4.72 Å². The van der Waals surface area contributed by atoms with Crippen molar-refractivity contribution in [1.82, 2.24) is 4.72 Å². The maximum absolute atomic E-state index is 12.4. The van der Waals surface area contributed by atoms with Crippen LogP contribution in [0, 0.1) is 5.92 Å². The third-order valence-corrected chi connectivity index (χ3v) is 5.52. The summed E-state index contributed by atoms with van der Waals surface area (Å²) in [6, 6.07) is 8.27. The highest BCUT2D eigenvalue weighted by molar-refractivity contribution is 7.89. The van der Waals surface area contributed by atoms with Gasteiger partial charge in [-0.25, -0.2) is 13.1 Å². The van der Waals surface area contributed by atoms with Crippen LogP contribution in [0.25, 0.3) is 0 Å². The molecule has 1 aliphatic rings. The molecule has 1 aromatic carbocycles. The van der Waals surface area contributed by atoms with Crippen molar-refractivity contribution < 1.29 is 13.5 Å². The molecule has 2 N–H and O–H groups in total. The zero-order valence-corrected chi connectivity index (χ0v) is 12.5. The molecule has 0 amide bonds. The average Bonchev–Trinajstić information content (AvgIpc) is 2.48. The molecule has 20 heavy (non-hydrogen) atoms. The van der Waals surface area contributed by atoms with Gasteiger partial charge in [-0.05, 0) is 37.3 Å². The van der Waals surface area contributed by atoms with Gasteiger partial charge in [0.05, 0.1) is 4.90 Å². The number of benzene rings is 1. The third-order valence-electron chi connectivity index (χ3n) is 4.02. The minimum Gasteiger partial charge on any atom is -0.396 e. The summed E-state index contributed by atoms with van der Waals surface area (Å²) >= 11 is 0. The number of aliphatic hydroxyl groups excluding tert-OH is 1. The topological polar surface area (TPSA) is 66.4 Å². The van der Waals surface area contributed by atoms with E-state index in [1.54, 1.807) is 30.3 Å². The van der Waals surface area contributed by atoms with E-state index in [1.807, 2.05) is 0 Å². The van der Waals surface area contributed by atoms with E-state index < -0.39 is 10.0 Å². The van der Waals surface area contributed by atoms with Gasteiger partial charge in [-0.2, -0.15) is 0 Å². The Morgan fingerprint density at radius 2 is 1.80 bits per heavy atom. The summed E-state index contributed by atoms with van der Waals surface area (Å²) in [5, 5.41) is 9.20. The van der Waals surface area contributed by atoms with Gasteiger partial charge >= 0.3 is 0 Å². The molecule has 5 heteroatoms. The summed E-state index contributed by atoms with van der Waals surface area (Å²) in [4.78, 5) is 0.291. The molecule has 4 nitrogen and oxygen atoms in total. The quantitative estimate of drug-likeness (QED) is 0.846. The van der Waals surface area contributed by atoms with Crippen LogP contribution in [0.5, 0.6) is 0 Å². The second-order valence-corrected chi connectivity index (χ2v) is 7.17. The average molecular weight is 297 g/mol. The van der Waals surface area contributed by atoms with E-state index in [-0.39, 0.29) is 12.6 Å². The van der Waals surface area contributed by atoms with Gasteiger partial charge in [0.25, 0.3) is 0 Å². The number of hydrogen-bond donors (Lipinski definition) is 2. The molecule has 0 bridgehead atoms. The smallest absolute Gasteiger partial charge is 0.240 e. The number of rotatable bonds is 6. The van der Waals surface area contributed by atoms with E-state index in [4.69, 9.17) is 0 Å². The van der Waals surface area contributed by atoms with E-state index in [9.17, 15) is 13.5 Å². The van der Waals surface area contributed by atoms with Gasteiger partial charge < -0.3 is 5.11 Å². The predicted molar refractivity (Wildman–Crippen MR) is 78.8 cm³/mol. The molecular weight excluding hydrogens is 274 g/mol.